The van der Waals surface area contributed by atoms with Gasteiger partial charge in [-0.15, -0.1) is 5.10 Å². The monoisotopic (exact) mass is 387 g/mol. The molecule has 0 radical (unpaired) electrons. The molecule has 0 atom stereocenters. The number of rotatable bonds is 4. The highest BCUT2D eigenvalue weighted by Crippen LogP contribution is 2.17. The van der Waals surface area contributed by atoms with Crippen molar-refractivity contribution in [2.45, 2.75) is 13.1 Å². The number of benzene rings is 2. The molecule has 0 spiro atoms. The van der Waals surface area contributed by atoms with E-state index in [0.717, 1.165) is 28.3 Å². The quantitative estimate of drug-likeness (QED) is 0.540. The first-order valence-corrected chi connectivity index (χ1v) is 8.36. The number of nitrogens with zero attached hydrogens (tertiary/aromatic N) is 5. The van der Waals surface area contributed by atoms with Crippen molar-refractivity contribution in [3.63, 3.8) is 0 Å². The lowest BCUT2D eigenvalue weighted by Crippen LogP contribution is -2.22. The Balaban J connectivity index is 1.71. The van der Waals surface area contributed by atoms with E-state index in [4.69, 9.17) is 11.6 Å². The first-order valence-electron chi connectivity index (χ1n) is 7.99. The number of fused-ring (bicyclic) bond motifs is 1. The van der Waals surface area contributed by atoms with Crippen LogP contribution in [0.2, 0.25) is 5.02 Å². The van der Waals surface area contributed by atoms with Gasteiger partial charge in [-0.25, -0.2) is 18.4 Å². The maximum atomic E-state index is 13.8. The van der Waals surface area contributed by atoms with Crippen LogP contribution in [0.1, 0.15) is 11.1 Å². The summed E-state index contributed by atoms with van der Waals surface area (Å²) < 4.78 is 29.8. The summed E-state index contributed by atoms with van der Waals surface area (Å²) in [5, 5.41) is 8.43. The Hall–Kier alpha value is -3.13. The van der Waals surface area contributed by atoms with Crippen molar-refractivity contribution in [1.29, 1.82) is 0 Å². The van der Waals surface area contributed by atoms with E-state index in [1.807, 2.05) is 18.2 Å². The number of aromatic nitrogens is 5. The number of hydrogen-bond acceptors (Lipinski definition) is 4. The zero-order valence-corrected chi connectivity index (χ0v) is 14.6. The molecule has 0 fully saturated rings. The van der Waals surface area contributed by atoms with E-state index in [0.29, 0.717) is 11.6 Å². The fourth-order valence-corrected chi connectivity index (χ4v) is 2.94. The summed E-state index contributed by atoms with van der Waals surface area (Å²) >= 11 is 6.15. The third-order valence-electron chi connectivity index (χ3n) is 4.12. The molecule has 0 N–H and O–H groups in total. The summed E-state index contributed by atoms with van der Waals surface area (Å²) in [6, 6.07) is 10.3. The van der Waals surface area contributed by atoms with Crippen molar-refractivity contribution < 1.29 is 8.78 Å². The maximum absolute atomic E-state index is 13.8. The zero-order valence-electron chi connectivity index (χ0n) is 13.8. The molecule has 136 valence electrons. The van der Waals surface area contributed by atoms with E-state index < -0.39 is 17.2 Å². The Kier molecular flexibility index (Phi) is 4.41. The van der Waals surface area contributed by atoms with Gasteiger partial charge in [0.15, 0.2) is 11.2 Å². The Morgan fingerprint density at radius 3 is 2.67 bits per heavy atom. The summed E-state index contributed by atoms with van der Waals surface area (Å²) in [4.78, 5) is 16.8. The highest BCUT2D eigenvalue weighted by atomic mass is 35.5. The van der Waals surface area contributed by atoms with Crippen LogP contribution in [-0.2, 0) is 13.1 Å². The van der Waals surface area contributed by atoms with E-state index in [1.165, 1.54) is 11.0 Å². The van der Waals surface area contributed by atoms with Crippen molar-refractivity contribution in [3.8, 4) is 0 Å². The Bertz CT molecular complexity index is 1200. The first-order chi connectivity index (χ1) is 13.0. The van der Waals surface area contributed by atoms with Crippen LogP contribution in [0.15, 0.2) is 53.6 Å². The number of hydrogen-bond donors (Lipinski definition) is 0. The predicted molar refractivity (Wildman–Crippen MR) is 95.6 cm³/mol. The molecule has 0 amide bonds. The van der Waals surface area contributed by atoms with E-state index in [9.17, 15) is 13.6 Å². The lowest BCUT2D eigenvalue weighted by atomic mass is 10.2. The van der Waals surface area contributed by atoms with Crippen molar-refractivity contribution in [3.05, 3.63) is 86.9 Å². The summed E-state index contributed by atoms with van der Waals surface area (Å²) in [7, 11) is 0. The Labute approximate surface area is 156 Å². The smallest absolute Gasteiger partial charge is 0.283 e. The topological polar surface area (TPSA) is 65.6 Å². The first kappa shape index (κ1) is 17.3. The van der Waals surface area contributed by atoms with Crippen LogP contribution in [0, 0.1) is 11.6 Å². The second-order valence-corrected chi connectivity index (χ2v) is 6.33. The molecule has 0 bridgehead atoms. The average molecular weight is 388 g/mol. The molecule has 4 aromatic rings. The molecule has 2 aromatic carbocycles. The molecule has 0 aliphatic rings. The Morgan fingerprint density at radius 1 is 1.04 bits per heavy atom. The molecule has 0 unspecified atom stereocenters. The summed E-state index contributed by atoms with van der Waals surface area (Å²) in [5.41, 5.74) is 0.687. The van der Waals surface area contributed by atoms with Gasteiger partial charge in [0, 0.05) is 10.6 Å². The highest BCUT2D eigenvalue weighted by molar-refractivity contribution is 6.31. The standard InChI is InChI=1S/C18H12ClF2N5O/c19-14-4-2-1-3-11(14)9-26-17-16(23-24-26)18(27)25(10-22-17)8-12-7-13(20)5-6-15(12)21/h1-7,10H,8-9H2. The van der Waals surface area contributed by atoms with Gasteiger partial charge in [-0.3, -0.25) is 9.36 Å². The molecule has 6 nitrogen and oxygen atoms in total. The van der Waals surface area contributed by atoms with Gasteiger partial charge in [0.05, 0.1) is 13.1 Å². The largest absolute Gasteiger partial charge is 0.293 e. The third-order valence-corrected chi connectivity index (χ3v) is 4.49. The molecule has 27 heavy (non-hydrogen) atoms. The summed E-state index contributed by atoms with van der Waals surface area (Å²) in [5.74, 6) is -1.19. The van der Waals surface area contributed by atoms with Gasteiger partial charge in [0.25, 0.3) is 5.56 Å². The molecular formula is C18H12ClF2N5O. The third kappa shape index (κ3) is 3.31. The van der Waals surface area contributed by atoms with Gasteiger partial charge >= 0.3 is 0 Å². The highest BCUT2D eigenvalue weighted by Gasteiger charge is 2.14. The van der Waals surface area contributed by atoms with Gasteiger partial charge in [-0.05, 0) is 29.8 Å². The van der Waals surface area contributed by atoms with Crippen LogP contribution in [0.3, 0.4) is 0 Å². The van der Waals surface area contributed by atoms with Crippen molar-refractivity contribution in [2.24, 2.45) is 0 Å². The van der Waals surface area contributed by atoms with Gasteiger partial charge in [-0.2, -0.15) is 0 Å². The minimum atomic E-state index is -0.606. The molecule has 0 saturated heterocycles. The number of halogens is 3. The molecule has 0 aliphatic carbocycles. The molecule has 2 heterocycles. The molecular weight excluding hydrogens is 376 g/mol. The normalized spacial score (nSPS) is 11.2. The lowest BCUT2D eigenvalue weighted by molar-refractivity contribution is 0.573. The van der Waals surface area contributed by atoms with Crippen LogP contribution >= 0.6 is 11.6 Å². The van der Waals surface area contributed by atoms with Gasteiger partial charge < -0.3 is 0 Å². The van der Waals surface area contributed by atoms with Crippen molar-refractivity contribution in [1.82, 2.24) is 24.5 Å². The van der Waals surface area contributed by atoms with Gasteiger partial charge in [0.1, 0.15) is 18.0 Å². The molecule has 4 rings (SSSR count). The molecule has 0 aliphatic heterocycles. The van der Waals surface area contributed by atoms with Gasteiger partial charge in [-0.1, -0.05) is 35.0 Å². The van der Waals surface area contributed by atoms with Gasteiger partial charge in [0.2, 0.25) is 0 Å². The molecule has 2 aromatic heterocycles. The van der Waals surface area contributed by atoms with E-state index >= 15 is 0 Å². The van der Waals surface area contributed by atoms with E-state index in [-0.39, 0.29) is 23.3 Å². The molecule has 9 heteroatoms. The van der Waals surface area contributed by atoms with Crippen molar-refractivity contribution in [2.75, 3.05) is 0 Å². The average Bonchev–Trinajstić information content (AvgIpc) is 3.06. The predicted octanol–water partition coefficient (Wildman–Crippen LogP) is 3.02. The van der Waals surface area contributed by atoms with E-state index in [2.05, 4.69) is 15.3 Å². The van der Waals surface area contributed by atoms with Crippen LogP contribution in [-0.4, -0.2) is 24.5 Å². The van der Waals surface area contributed by atoms with Crippen molar-refractivity contribution >= 4 is 22.8 Å². The second kappa shape index (κ2) is 6.88. The summed E-state index contributed by atoms with van der Waals surface area (Å²) in [6.07, 6.45) is 1.27. The SMILES string of the molecule is O=c1c2nnn(Cc3ccccc3Cl)c2ncn1Cc1cc(F)ccc1F. The van der Waals surface area contributed by atoms with Crippen LogP contribution in [0.25, 0.3) is 11.2 Å². The maximum Gasteiger partial charge on any atom is 0.283 e. The van der Waals surface area contributed by atoms with Crippen LogP contribution in [0.5, 0.6) is 0 Å². The van der Waals surface area contributed by atoms with Crippen LogP contribution < -0.4 is 5.56 Å². The zero-order chi connectivity index (χ0) is 19.0. The minimum Gasteiger partial charge on any atom is -0.293 e. The second-order valence-electron chi connectivity index (χ2n) is 5.92. The minimum absolute atomic E-state index is 0.0429. The fourth-order valence-electron chi connectivity index (χ4n) is 2.74. The van der Waals surface area contributed by atoms with E-state index in [1.54, 1.807) is 6.07 Å². The van der Waals surface area contributed by atoms with Crippen LogP contribution in [0.4, 0.5) is 8.78 Å². The lowest BCUT2D eigenvalue weighted by Gasteiger charge is -2.07. The molecule has 0 saturated carbocycles. The fraction of sp³-hybridized carbons (Fsp3) is 0.111. The summed E-state index contributed by atoms with van der Waals surface area (Å²) in [6.45, 7) is 0.133. The Morgan fingerprint density at radius 2 is 1.85 bits per heavy atom.